The van der Waals surface area contributed by atoms with E-state index >= 15 is 0 Å². The molecule has 1 fully saturated rings. The topological polar surface area (TPSA) is 62.7 Å². The number of fused-ring (bicyclic) bond motifs is 1. The number of aromatic nitrogens is 1. The van der Waals surface area contributed by atoms with Gasteiger partial charge < -0.3 is 14.7 Å². The highest BCUT2D eigenvalue weighted by Gasteiger charge is 2.31. The van der Waals surface area contributed by atoms with Crippen LogP contribution in [0.1, 0.15) is 11.3 Å². The zero-order valence-electron chi connectivity index (χ0n) is 14.2. The van der Waals surface area contributed by atoms with Crippen LogP contribution in [0, 0.1) is 0 Å². The van der Waals surface area contributed by atoms with Crippen molar-refractivity contribution in [2.24, 2.45) is 0 Å². The minimum absolute atomic E-state index is 0.0567. The monoisotopic (exact) mass is 368 g/mol. The van der Waals surface area contributed by atoms with Gasteiger partial charge in [0, 0.05) is 41.0 Å². The molecule has 0 spiro atoms. The number of ether oxygens (including phenoxy) is 1. The van der Waals surface area contributed by atoms with Gasteiger partial charge in [0.05, 0.1) is 13.0 Å². The van der Waals surface area contributed by atoms with E-state index in [0.717, 1.165) is 21.4 Å². The van der Waals surface area contributed by atoms with E-state index in [1.54, 1.807) is 28.6 Å². The summed E-state index contributed by atoms with van der Waals surface area (Å²) in [7, 11) is 0. The highest BCUT2D eigenvalue weighted by Crippen LogP contribution is 2.28. The van der Waals surface area contributed by atoms with Gasteiger partial charge in [0.1, 0.15) is 18.0 Å². The Morgan fingerprint density at radius 3 is 3.04 bits per heavy atom. The lowest BCUT2D eigenvalue weighted by atomic mass is 10.0. The lowest BCUT2D eigenvalue weighted by Crippen LogP contribution is -2.51. The van der Waals surface area contributed by atoms with Crippen LogP contribution in [0.2, 0.25) is 0 Å². The number of carbonyl (C=O) groups excluding carboxylic acids is 1. The van der Waals surface area contributed by atoms with Crippen LogP contribution in [-0.2, 0) is 11.2 Å². The van der Waals surface area contributed by atoms with Gasteiger partial charge in [-0.1, -0.05) is 18.2 Å². The van der Waals surface area contributed by atoms with Gasteiger partial charge in [0.15, 0.2) is 0 Å². The molecule has 0 unspecified atom stereocenters. The van der Waals surface area contributed by atoms with E-state index in [9.17, 15) is 9.90 Å². The zero-order chi connectivity index (χ0) is 17.9. The molecule has 0 saturated carbocycles. The number of hydrogen-bond acceptors (Lipinski definition) is 5. The van der Waals surface area contributed by atoms with E-state index in [4.69, 9.17) is 4.74 Å². The largest absolute Gasteiger partial charge is 0.487 e. The third-order valence-electron chi connectivity index (χ3n) is 4.70. The number of hydrogen-bond donors (Lipinski definition) is 1. The van der Waals surface area contributed by atoms with Crippen LogP contribution in [-0.4, -0.2) is 46.2 Å². The number of pyridine rings is 1. The molecule has 134 valence electrons. The summed E-state index contributed by atoms with van der Waals surface area (Å²) in [5.41, 5.74) is 0. The van der Waals surface area contributed by atoms with Crippen molar-refractivity contribution in [2.75, 3.05) is 13.1 Å². The second kappa shape index (κ2) is 7.43. The number of thiophene rings is 1. The number of likely N-dealkylation sites (tertiary alicyclic amines) is 1. The molecule has 1 aromatic carbocycles. The lowest BCUT2D eigenvalue weighted by molar-refractivity contribution is -0.136. The second-order valence-electron chi connectivity index (χ2n) is 6.46. The summed E-state index contributed by atoms with van der Waals surface area (Å²) in [5, 5.41) is 14.5. The van der Waals surface area contributed by atoms with Gasteiger partial charge in [-0.15, -0.1) is 11.3 Å². The predicted octanol–water partition coefficient (Wildman–Crippen LogP) is 2.88. The molecule has 0 aliphatic carbocycles. The molecule has 1 saturated heterocycles. The summed E-state index contributed by atoms with van der Waals surface area (Å²) in [4.78, 5) is 19.3. The second-order valence-corrected chi connectivity index (χ2v) is 7.49. The van der Waals surface area contributed by atoms with Gasteiger partial charge in [0.25, 0.3) is 0 Å². The summed E-state index contributed by atoms with van der Waals surface area (Å²) in [6.07, 6.45) is 3.51. The van der Waals surface area contributed by atoms with Crippen molar-refractivity contribution in [1.29, 1.82) is 0 Å². The van der Waals surface area contributed by atoms with Crippen molar-refractivity contribution in [2.45, 2.75) is 25.0 Å². The molecule has 1 aliphatic rings. The van der Waals surface area contributed by atoms with Crippen LogP contribution in [0.4, 0.5) is 0 Å². The summed E-state index contributed by atoms with van der Waals surface area (Å²) < 4.78 is 6.10. The van der Waals surface area contributed by atoms with Crippen molar-refractivity contribution in [3.8, 4) is 5.75 Å². The van der Waals surface area contributed by atoms with Crippen LogP contribution >= 0.6 is 11.3 Å². The van der Waals surface area contributed by atoms with Gasteiger partial charge >= 0.3 is 0 Å². The summed E-state index contributed by atoms with van der Waals surface area (Å²) >= 11 is 1.58. The minimum Gasteiger partial charge on any atom is -0.487 e. The highest BCUT2D eigenvalue weighted by molar-refractivity contribution is 7.10. The van der Waals surface area contributed by atoms with E-state index in [1.807, 2.05) is 41.8 Å². The third kappa shape index (κ3) is 3.57. The lowest BCUT2D eigenvalue weighted by Gasteiger charge is -2.36. The van der Waals surface area contributed by atoms with Crippen LogP contribution in [0.15, 0.2) is 54.2 Å². The summed E-state index contributed by atoms with van der Waals surface area (Å²) in [6, 6.07) is 11.6. The van der Waals surface area contributed by atoms with Crippen molar-refractivity contribution in [1.82, 2.24) is 9.88 Å². The fraction of sp³-hybridized carbons (Fsp3) is 0.300. The molecule has 0 radical (unpaired) electrons. The Morgan fingerprint density at radius 2 is 2.23 bits per heavy atom. The Kier molecular flexibility index (Phi) is 4.86. The first-order chi connectivity index (χ1) is 12.7. The number of aliphatic hydroxyl groups excluding tert-OH is 1. The Labute approximate surface area is 155 Å². The molecule has 3 aromatic rings. The average molecular weight is 368 g/mol. The Bertz CT molecular complexity index is 892. The quantitative estimate of drug-likeness (QED) is 0.769. The molecule has 2 atom stereocenters. The highest BCUT2D eigenvalue weighted by atomic mass is 32.1. The molecule has 3 heterocycles. The van der Waals surface area contributed by atoms with E-state index in [-0.39, 0.29) is 12.0 Å². The summed E-state index contributed by atoms with van der Waals surface area (Å²) in [5.74, 6) is 0.800. The summed E-state index contributed by atoms with van der Waals surface area (Å²) in [6.45, 7) is 0.902. The fourth-order valence-corrected chi connectivity index (χ4v) is 4.00. The van der Waals surface area contributed by atoms with E-state index in [0.29, 0.717) is 25.9 Å². The van der Waals surface area contributed by atoms with Crippen LogP contribution < -0.4 is 4.74 Å². The van der Waals surface area contributed by atoms with Gasteiger partial charge in [0.2, 0.25) is 5.91 Å². The molecule has 1 amide bonds. The van der Waals surface area contributed by atoms with Crippen molar-refractivity contribution in [3.63, 3.8) is 0 Å². The maximum Gasteiger partial charge on any atom is 0.227 e. The van der Waals surface area contributed by atoms with Gasteiger partial charge in [-0.25, -0.2) is 0 Å². The molecule has 6 heteroatoms. The Morgan fingerprint density at radius 1 is 1.31 bits per heavy atom. The van der Waals surface area contributed by atoms with Crippen LogP contribution in [0.3, 0.4) is 0 Å². The van der Waals surface area contributed by atoms with E-state index in [2.05, 4.69) is 4.98 Å². The number of piperidine rings is 1. The number of aliphatic hydroxyl groups is 1. The number of benzene rings is 1. The number of rotatable bonds is 4. The SMILES string of the molecule is O=C(Cc1cccs1)N1CC[C@@H](Oc2cccc3cnccc23)[C@H](O)C1. The first-order valence-corrected chi connectivity index (χ1v) is 9.56. The maximum absolute atomic E-state index is 12.4. The molecule has 1 N–H and O–H groups in total. The number of nitrogens with zero attached hydrogens (tertiary/aromatic N) is 2. The standard InChI is InChI=1S/C20H20N2O3S/c23-17-13-22(20(24)11-15-4-2-10-26-15)9-7-19(17)25-18-5-1-3-14-12-21-8-6-16(14)18/h1-6,8,10,12,17,19,23H,7,9,11,13H2/t17-,19-/m1/s1. The van der Waals surface area contributed by atoms with Gasteiger partial charge in [-0.2, -0.15) is 0 Å². The van der Waals surface area contributed by atoms with Crippen LogP contribution in [0.25, 0.3) is 10.8 Å². The van der Waals surface area contributed by atoms with E-state index in [1.165, 1.54) is 0 Å². The third-order valence-corrected chi connectivity index (χ3v) is 5.57. The van der Waals surface area contributed by atoms with Gasteiger partial charge in [-0.3, -0.25) is 9.78 Å². The molecule has 26 heavy (non-hydrogen) atoms. The molecular formula is C20H20N2O3S. The zero-order valence-corrected chi connectivity index (χ0v) is 15.1. The normalized spacial score (nSPS) is 20.3. The molecule has 2 aromatic heterocycles. The smallest absolute Gasteiger partial charge is 0.227 e. The Hall–Kier alpha value is -2.44. The van der Waals surface area contributed by atoms with Crippen molar-refractivity contribution >= 4 is 28.0 Å². The van der Waals surface area contributed by atoms with Crippen LogP contribution in [0.5, 0.6) is 5.75 Å². The van der Waals surface area contributed by atoms with Crippen molar-refractivity contribution < 1.29 is 14.6 Å². The fourth-order valence-electron chi connectivity index (χ4n) is 3.31. The van der Waals surface area contributed by atoms with Crippen molar-refractivity contribution in [3.05, 3.63) is 59.0 Å². The number of amides is 1. The first kappa shape index (κ1) is 17.0. The molecule has 0 bridgehead atoms. The number of β-amino-alcohol motifs (C(OH)–C–C–N with tert-alkyl or cyclic N) is 1. The molecule has 4 rings (SSSR count). The molecule has 5 nitrogen and oxygen atoms in total. The number of carbonyl (C=O) groups is 1. The molecular weight excluding hydrogens is 348 g/mol. The average Bonchev–Trinajstić information content (AvgIpc) is 3.16. The first-order valence-electron chi connectivity index (χ1n) is 8.68. The Balaban J connectivity index is 1.41. The minimum atomic E-state index is -0.701. The molecule has 1 aliphatic heterocycles. The van der Waals surface area contributed by atoms with Gasteiger partial charge in [-0.05, 0) is 23.6 Å². The predicted molar refractivity (Wildman–Crippen MR) is 101 cm³/mol. The van der Waals surface area contributed by atoms with E-state index < -0.39 is 6.10 Å². The maximum atomic E-state index is 12.4.